The van der Waals surface area contributed by atoms with Crippen LogP contribution in [-0.2, 0) is 12.8 Å². The fraction of sp³-hybridized carbons (Fsp3) is 0.250. The molecule has 1 unspecified atom stereocenters. The number of benzene rings is 2. The van der Waals surface area contributed by atoms with Crippen molar-refractivity contribution in [2.75, 3.05) is 7.11 Å². The highest BCUT2D eigenvalue weighted by molar-refractivity contribution is 5.34. The molecule has 0 saturated heterocycles. The van der Waals surface area contributed by atoms with Gasteiger partial charge < -0.3 is 10.5 Å². The van der Waals surface area contributed by atoms with Crippen LogP contribution < -0.4 is 10.5 Å². The third-order valence-electron chi connectivity index (χ3n) is 3.06. The molecule has 0 spiro atoms. The van der Waals surface area contributed by atoms with Crippen LogP contribution >= 0.6 is 0 Å². The normalized spacial score (nSPS) is 12.2. The number of halogens is 1. The molecule has 0 aliphatic carbocycles. The Morgan fingerprint density at radius 3 is 2.63 bits per heavy atom. The highest BCUT2D eigenvalue weighted by Gasteiger charge is 2.09. The third kappa shape index (κ3) is 3.80. The van der Waals surface area contributed by atoms with Crippen LogP contribution in [0.4, 0.5) is 4.39 Å². The molecule has 19 heavy (non-hydrogen) atoms. The first kappa shape index (κ1) is 13.6. The quantitative estimate of drug-likeness (QED) is 0.896. The van der Waals surface area contributed by atoms with Crippen LogP contribution in [0.2, 0.25) is 0 Å². The van der Waals surface area contributed by atoms with Crippen molar-refractivity contribution in [2.24, 2.45) is 5.73 Å². The van der Waals surface area contributed by atoms with Crippen molar-refractivity contribution in [1.82, 2.24) is 0 Å². The highest BCUT2D eigenvalue weighted by atomic mass is 19.1. The van der Waals surface area contributed by atoms with Gasteiger partial charge in [0.05, 0.1) is 7.11 Å². The van der Waals surface area contributed by atoms with Gasteiger partial charge in [0.25, 0.3) is 0 Å². The van der Waals surface area contributed by atoms with Gasteiger partial charge in [-0.15, -0.1) is 0 Å². The Balaban J connectivity index is 2.03. The molecule has 0 amide bonds. The first-order chi connectivity index (χ1) is 9.19. The average molecular weight is 259 g/mol. The van der Waals surface area contributed by atoms with E-state index in [0.29, 0.717) is 12.8 Å². The van der Waals surface area contributed by atoms with E-state index < -0.39 is 0 Å². The Bertz CT molecular complexity index is 542. The molecule has 0 aromatic heterocycles. The van der Waals surface area contributed by atoms with Gasteiger partial charge in [0.15, 0.2) is 0 Å². The summed E-state index contributed by atoms with van der Waals surface area (Å²) in [5, 5.41) is 0. The minimum atomic E-state index is -0.220. The van der Waals surface area contributed by atoms with E-state index in [1.807, 2.05) is 30.3 Å². The topological polar surface area (TPSA) is 35.2 Å². The smallest absolute Gasteiger partial charge is 0.123 e. The van der Waals surface area contributed by atoms with Gasteiger partial charge in [0, 0.05) is 6.04 Å². The van der Waals surface area contributed by atoms with Gasteiger partial charge in [-0.2, -0.15) is 0 Å². The van der Waals surface area contributed by atoms with Crippen LogP contribution in [-0.4, -0.2) is 13.2 Å². The maximum Gasteiger partial charge on any atom is 0.123 e. The van der Waals surface area contributed by atoms with Gasteiger partial charge in [0.2, 0.25) is 0 Å². The second-order valence-corrected chi connectivity index (χ2v) is 4.61. The Morgan fingerprint density at radius 1 is 1.11 bits per heavy atom. The molecule has 0 radical (unpaired) electrons. The lowest BCUT2D eigenvalue weighted by Crippen LogP contribution is -2.25. The predicted molar refractivity (Wildman–Crippen MR) is 74.8 cm³/mol. The molecule has 0 aliphatic heterocycles. The Morgan fingerprint density at radius 2 is 1.89 bits per heavy atom. The van der Waals surface area contributed by atoms with Gasteiger partial charge in [-0.25, -0.2) is 4.39 Å². The van der Waals surface area contributed by atoms with E-state index in [1.165, 1.54) is 12.1 Å². The van der Waals surface area contributed by atoms with Crippen molar-refractivity contribution >= 4 is 0 Å². The number of hydrogen-bond acceptors (Lipinski definition) is 2. The second-order valence-electron chi connectivity index (χ2n) is 4.61. The van der Waals surface area contributed by atoms with Gasteiger partial charge in [0.1, 0.15) is 11.6 Å². The molecule has 0 aliphatic rings. The fourth-order valence-electron chi connectivity index (χ4n) is 2.19. The Hall–Kier alpha value is -1.87. The Kier molecular flexibility index (Phi) is 4.53. The van der Waals surface area contributed by atoms with Crippen LogP contribution in [0.1, 0.15) is 11.1 Å². The summed E-state index contributed by atoms with van der Waals surface area (Å²) in [6.07, 6.45) is 1.36. The van der Waals surface area contributed by atoms with Crippen molar-refractivity contribution in [2.45, 2.75) is 18.9 Å². The van der Waals surface area contributed by atoms with Gasteiger partial charge in [-0.3, -0.25) is 0 Å². The number of hydrogen-bond donors (Lipinski definition) is 1. The minimum absolute atomic E-state index is 0.0573. The lowest BCUT2D eigenvalue weighted by Gasteiger charge is -2.14. The van der Waals surface area contributed by atoms with Gasteiger partial charge in [-0.1, -0.05) is 30.3 Å². The number of para-hydroxylation sites is 1. The number of methoxy groups -OCH3 is 1. The van der Waals surface area contributed by atoms with Crippen molar-refractivity contribution < 1.29 is 9.13 Å². The number of nitrogens with two attached hydrogens (primary N) is 1. The van der Waals surface area contributed by atoms with Gasteiger partial charge in [-0.05, 0) is 42.2 Å². The molecule has 0 bridgehead atoms. The summed E-state index contributed by atoms with van der Waals surface area (Å²) in [5.41, 5.74) is 8.13. The van der Waals surface area contributed by atoms with Crippen LogP contribution in [0, 0.1) is 5.82 Å². The zero-order valence-corrected chi connectivity index (χ0v) is 11.0. The van der Waals surface area contributed by atoms with Crippen molar-refractivity contribution in [3.05, 3.63) is 65.5 Å². The van der Waals surface area contributed by atoms with E-state index in [0.717, 1.165) is 16.9 Å². The summed E-state index contributed by atoms with van der Waals surface area (Å²) in [6, 6.07) is 14.3. The molecular weight excluding hydrogens is 241 g/mol. The van der Waals surface area contributed by atoms with E-state index >= 15 is 0 Å². The van der Waals surface area contributed by atoms with E-state index in [-0.39, 0.29) is 11.9 Å². The number of rotatable bonds is 5. The lowest BCUT2D eigenvalue weighted by molar-refractivity contribution is 0.407. The van der Waals surface area contributed by atoms with E-state index in [4.69, 9.17) is 10.5 Å². The molecular formula is C16H18FNO. The summed E-state index contributed by atoms with van der Waals surface area (Å²) >= 11 is 0. The zero-order valence-electron chi connectivity index (χ0n) is 11.0. The molecule has 2 rings (SSSR count). The fourth-order valence-corrected chi connectivity index (χ4v) is 2.19. The first-order valence-electron chi connectivity index (χ1n) is 6.31. The lowest BCUT2D eigenvalue weighted by atomic mass is 9.99. The SMILES string of the molecule is COc1ccccc1CC(N)Cc1cccc(F)c1. The number of ether oxygens (including phenoxy) is 1. The van der Waals surface area contributed by atoms with E-state index in [2.05, 4.69) is 0 Å². The molecule has 2 nitrogen and oxygen atoms in total. The molecule has 2 N–H and O–H groups in total. The van der Waals surface area contributed by atoms with Crippen molar-refractivity contribution in [3.8, 4) is 5.75 Å². The Labute approximate surface area is 113 Å². The highest BCUT2D eigenvalue weighted by Crippen LogP contribution is 2.19. The van der Waals surface area contributed by atoms with Crippen LogP contribution in [0.5, 0.6) is 5.75 Å². The largest absolute Gasteiger partial charge is 0.496 e. The van der Waals surface area contributed by atoms with Crippen LogP contribution in [0.3, 0.4) is 0 Å². The van der Waals surface area contributed by atoms with Crippen molar-refractivity contribution in [3.63, 3.8) is 0 Å². The molecule has 0 saturated carbocycles. The zero-order chi connectivity index (χ0) is 13.7. The third-order valence-corrected chi connectivity index (χ3v) is 3.06. The predicted octanol–water partition coefficient (Wildman–Crippen LogP) is 2.95. The summed E-state index contributed by atoms with van der Waals surface area (Å²) in [4.78, 5) is 0. The molecule has 100 valence electrons. The molecule has 1 atom stereocenters. The maximum absolute atomic E-state index is 13.1. The van der Waals surface area contributed by atoms with E-state index in [1.54, 1.807) is 13.2 Å². The maximum atomic E-state index is 13.1. The van der Waals surface area contributed by atoms with Crippen molar-refractivity contribution in [1.29, 1.82) is 0 Å². The summed E-state index contributed by atoms with van der Waals surface area (Å²) in [5.74, 6) is 0.624. The average Bonchev–Trinajstić information content (AvgIpc) is 2.39. The molecule has 0 fully saturated rings. The molecule has 2 aromatic rings. The first-order valence-corrected chi connectivity index (χ1v) is 6.31. The molecule has 2 aromatic carbocycles. The summed E-state index contributed by atoms with van der Waals surface area (Å²) < 4.78 is 18.4. The van der Waals surface area contributed by atoms with E-state index in [9.17, 15) is 4.39 Å². The summed E-state index contributed by atoms with van der Waals surface area (Å²) in [7, 11) is 1.65. The van der Waals surface area contributed by atoms with Crippen LogP contribution in [0.25, 0.3) is 0 Å². The molecule has 0 heterocycles. The monoisotopic (exact) mass is 259 g/mol. The summed E-state index contributed by atoms with van der Waals surface area (Å²) in [6.45, 7) is 0. The second kappa shape index (κ2) is 6.34. The standard InChI is InChI=1S/C16H18FNO/c1-19-16-8-3-2-6-13(16)11-15(18)10-12-5-4-7-14(17)9-12/h2-9,15H,10-11,18H2,1H3. The van der Waals surface area contributed by atoms with Crippen LogP contribution in [0.15, 0.2) is 48.5 Å². The minimum Gasteiger partial charge on any atom is -0.496 e. The van der Waals surface area contributed by atoms with Gasteiger partial charge >= 0.3 is 0 Å². The molecule has 3 heteroatoms.